The molecule has 2 aromatic heterocycles. The summed E-state index contributed by atoms with van der Waals surface area (Å²) in [5, 5.41) is 3.86. The minimum Gasteiger partial charge on any atom is -0.350 e. The van der Waals surface area contributed by atoms with E-state index in [2.05, 4.69) is 22.2 Å². The molecule has 2 N–H and O–H groups in total. The van der Waals surface area contributed by atoms with Gasteiger partial charge in [0, 0.05) is 16.6 Å². The number of amides is 1. The summed E-state index contributed by atoms with van der Waals surface area (Å²) in [6.07, 6.45) is 3.36. The molecule has 0 spiro atoms. The van der Waals surface area contributed by atoms with E-state index in [0.29, 0.717) is 12.1 Å². The normalized spacial score (nSPS) is 10.7. The zero-order chi connectivity index (χ0) is 17.0. The van der Waals surface area contributed by atoms with E-state index >= 15 is 0 Å². The maximum atomic E-state index is 12.0. The van der Waals surface area contributed by atoms with Gasteiger partial charge in [-0.3, -0.25) is 19.1 Å². The zero-order valence-electron chi connectivity index (χ0n) is 13.4. The van der Waals surface area contributed by atoms with Gasteiger partial charge in [-0.15, -0.1) is 11.3 Å². The van der Waals surface area contributed by atoms with E-state index in [9.17, 15) is 14.4 Å². The van der Waals surface area contributed by atoms with Crippen molar-refractivity contribution in [2.75, 3.05) is 0 Å². The Morgan fingerprint density at radius 3 is 2.83 bits per heavy atom. The highest BCUT2D eigenvalue weighted by Crippen LogP contribution is 2.18. The SMILES string of the molecule is CCCc1nc(C)c(CNC(=O)Cn2cc(C)c(=O)[nH]c2=O)s1. The van der Waals surface area contributed by atoms with Crippen LogP contribution in [-0.2, 0) is 24.3 Å². The fourth-order valence-corrected chi connectivity index (χ4v) is 3.21. The molecule has 2 rings (SSSR count). The van der Waals surface area contributed by atoms with Gasteiger partial charge in [0.25, 0.3) is 5.56 Å². The van der Waals surface area contributed by atoms with Crippen LogP contribution in [0, 0.1) is 13.8 Å². The van der Waals surface area contributed by atoms with Gasteiger partial charge in [-0.1, -0.05) is 6.92 Å². The molecule has 0 bridgehead atoms. The average molecular weight is 336 g/mol. The number of aryl methyl sites for hydroxylation is 3. The first-order valence-corrected chi connectivity index (χ1v) is 8.24. The molecule has 0 radical (unpaired) electrons. The molecular formula is C15H20N4O3S. The van der Waals surface area contributed by atoms with Crippen LogP contribution in [0.4, 0.5) is 0 Å². The third kappa shape index (κ3) is 4.38. The first-order chi connectivity index (χ1) is 10.9. The lowest BCUT2D eigenvalue weighted by Crippen LogP contribution is -2.36. The van der Waals surface area contributed by atoms with E-state index in [-0.39, 0.29) is 12.5 Å². The summed E-state index contributed by atoms with van der Waals surface area (Å²) < 4.78 is 1.19. The van der Waals surface area contributed by atoms with Crippen molar-refractivity contribution in [3.8, 4) is 0 Å². The highest BCUT2D eigenvalue weighted by molar-refractivity contribution is 7.11. The fourth-order valence-electron chi connectivity index (χ4n) is 2.10. The Morgan fingerprint density at radius 2 is 2.13 bits per heavy atom. The quantitative estimate of drug-likeness (QED) is 0.818. The van der Waals surface area contributed by atoms with Crippen molar-refractivity contribution < 1.29 is 4.79 Å². The number of carbonyl (C=O) groups excluding carboxylic acids is 1. The van der Waals surface area contributed by atoms with Crippen LogP contribution < -0.4 is 16.6 Å². The van der Waals surface area contributed by atoms with Gasteiger partial charge >= 0.3 is 5.69 Å². The average Bonchev–Trinajstić information content (AvgIpc) is 2.83. The summed E-state index contributed by atoms with van der Waals surface area (Å²) in [6, 6.07) is 0. The smallest absolute Gasteiger partial charge is 0.328 e. The number of thiazole rings is 1. The summed E-state index contributed by atoms with van der Waals surface area (Å²) in [7, 11) is 0. The van der Waals surface area contributed by atoms with E-state index < -0.39 is 11.2 Å². The molecule has 2 heterocycles. The van der Waals surface area contributed by atoms with Gasteiger partial charge in [-0.05, 0) is 26.7 Å². The van der Waals surface area contributed by atoms with E-state index in [1.165, 1.54) is 10.8 Å². The number of nitrogens with zero attached hydrogens (tertiary/aromatic N) is 2. The predicted octanol–water partition coefficient (Wildman–Crippen LogP) is 0.879. The molecule has 0 aliphatic carbocycles. The van der Waals surface area contributed by atoms with Crippen LogP contribution in [0.15, 0.2) is 15.8 Å². The molecule has 2 aromatic rings. The minimum absolute atomic E-state index is 0.129. The van der Waals surface area contributed by atoms with Gasteiger partial charge in [0.15, 0.2) is 0 Å². The maximum Gasteiger partial charge on any atom is 0.328 e. The molecule has 124 valence electrons. The second kappa shape index (κ2) is 7.36. The summed E-state index contributed by atoms with van der Waals surface area (Å²) >= 11 is 1.60. The van der Waals surface area contributed by atoms with Crippen LogP contribution in [0.2, 0.25) is 0 Å². The van der Waals surface area contributed by atoms with Crippen LogP contribution in [0.25, 0.3) is 0 Å². The molecule has 0 atom stereocenters. The molecule has 1 amide bonds. The molecular weight excluding hydrogens is 316 g/mol. The van der Waals surface area contributed by atoms with Crippen molar-refractivity contribution in [2.24, 2.45) is 0 Å². The van der Waals surface area contributed by atoms with E-state index in [1.807, 2.05) is 6.92 Å². The molecule has 0 fully saturated rings. The van der Waals surface area contributed by atoms with Gasteiger partial charge in [0.2, 0.25) is 5.91 Å². The van der Waals surface area contributed by atoms with E-state index in [4.69, 9.17) is 0 Å². The Hall–Kier alpha value is -2.22. The van der Waals surface area contributed by atoms with Crippen molar-refractivity contribution in [2.45, 2.75) is 46.7 Å². The predicted molar refractivity (Wildman–Crippen MR) is 88.8 cm³/mol. The zero-order valence-corrected chi connectivity index (χ0v) is 14.2. The first kappa shape index (κ1) is 17.1. The lowest BCUT2D eigenvalue weighted by molar-refractivity contribution is -0.121. The summed E-state index contributed by atoms with van der Waals surface area (Å²) in [6.45, 7) is 5.87. The summed E-state index contributed by atoms with van der Waals surface area (Å²) in [5.74, 6) is -0.289. The van der Waals surface area contributed by atoms with Crippen molar-refractivity contribution >= 4 is 17.2 Å². The number of rotatable bonds is 6. The third-order valence-corrected chi connectivity index (χ3v) is 4.57. The second-order valence-corrected chi connectivity index (χ2v) is 6.51. The van der Waals surface area contributed by atoms with Crippen molar-refractivity contribution in [1.82, 2.24) is 19.9 Å². The van der Waals surface area contributed by atoms with E-state index in [1.54, 1.807) is 18.3 Å². The van der Waals surface area contributed by atoms with Gasteiger partial charge in [-0.25, -0.2) is 9.78 Å². The van der Waals surface area contributed by atoms with Gasteiger partial charge < -0.3 is 5.32 Å². The number of hydrogen-bond donors (Lipinski definition) is 2. The number of carbonyl (C=O) groups is 1. The Balaban J connectivity index is 1.99. The summed E-state index contributed by atoms with van der Waals surface area (Å²) in [5.41, 5.74) is 0.293. The molecule has 0 aliphatic heterocycles. The number of aromatic amines is 1. The first-order valence-electron chi connectivity index (χ1n) is 7.43. The Bertz CT molecular complexity index is 819. The van der Waals surface area contributed by atoms with Crippen LogP contribution in [0.3, 0.4) is 0 Å². The number of nitrogens with one attached hydrogen (secondary N) is 2. The van der Waals surface area contributed by atoms with Crippen LogP contribution in [0.1, 0.15) is 34.5 Å². The molecule has 0 saturated carbocycles. The standard InChI is InChI=1S/C15H20N4O3S/c1-4-5-13-17-10(3)11(23-13)6-16-12(20)8-19-7-9(2)14(21)18-15(19)22/h7H,4-6,8H2,1-3H3,(H,16,20)(H,18,21,22). The highest BCUT2D eigenvalue weighted by atomic mass is 32.1. The lowest BCUT2D eigenvalue weighted by atomic mass is 10.3. The largest absolute Gasteiger partial charge is 0.350 e. The Labute approximate surface area is 137 Å². The number of aromatic nitrogens is 3. The second-order valence-electron chi connectivity index (χ2n) is 5.34. The lowest BCUT2D eigenvalue weighted by Gasteiger charge is -2.07. The maximum absolute atomic E-state index is 12.0. The van der Waals surface area contributed by atoms with Crippen molar-refractivity contribution in [1.29, 1.82) is 0 Å². The monoisotopic (exact) mass is 336 g/mol. The van der Waals surface area contributed by atoms with E-state index in [0.717, 1.165) is 28.4 Å². The van der Waals surface area contributed by atoms with Gasteiger partial charge in [0.05, 0.1) is 17.2 Å². The van der Waals surface area contributed by atoms with Crippen LogP contribution in [-0.4, -0.2) is 20.4 Å². The molecule has 7 nitrogen and oxygen atoms in total. The molecule has 8 heteroatoms. The third-order valence-electron chi connectivity index (χ3n) is 3.35. The Kier molecular flexibility index (Phi) is 5.49. The number of hydrogen-bond acceptors (Lipinski definition) is 5. The Morgan fingerprint density at radius 1 is 1.39 bits per heavy atom. The highest BCUT2D eigenvalue weighted by Gasteiger charge is 2.10. The summed E-state index contributed by atoms with van der Waals surface area (Å²) in [4.78, 5) is 42.6. The van der Waals surface area contributed by atoms with Crippen LogP contribution >= 0.6 is 11.3 Å². The van der Waals surface area contributed by atoms with Crippen molar-refractivity contribution in [3.05, 3.63) is 48.2 Å². The van der Waals surface area contributed by atoms with Gasteiger partial charge in [-0.2, -0.15) is 0 Å². The number of H-pyrrole nitrogens is 1. The molecule has 0 saturated heterocycles. The topological polar surface area (TPSA) is 96.8 Å². The molecule has 0 aromatic carbocycles. The molecule has 0 aliphatic rings. The molecule has 0 unspecified atom stereocenters. The van der Waals surface area contributed by atoms with Gasteiger partial charge in [0.1, 0.15) is 6.54 Å². The fraction of sp³-hybridized carbons (Fsp3) is 0.467. The van der Waals surface area contributed by atoms with Crippen LogP contribution in [0.5, 0.6) is 0 Å². The minimum atomic E-state index is -0.588. The van der Waals surface area contributed by atoms with Crippen molar-refractivity contribution in [3.63, 3.8) is 0 Å². The molecule has 23 heavy (non-hydrogen) atoms.